The molecule has 0 aliphatic rings. The number of hydrogen-bond acceptors (Lipinski definition) is 5. The predicted octanol–water partition coefficient (Wildman–Crippen LogP) is 2.81. The van der Waals surface area contributed by atoms with Crippen LogP contribution in [0.15, 0.2) is 52.9 Å². The number of aromatic hydroxyl groups is 2. The van der Waals surface area contributed by atoms with Gasteiger partial charge < -0.3 is 14.6 Å². The van der Waals surface area contributed by atoms with E-state index in [1.54, 1.807) is 0 Å². The highest BCUT2D eigenvalue weighted by Crippen LogP contribution is 2.29. The van der Waals surface area contributed by atoms with Gasteiger partial charge in [-0.05, 0) is 24.3 Å². The van der Waals surface area contributed by atoms with Gasteiger partial charge in [-0.1, -0.05) is 18.2 Å². The van der Waals surface area contributed by atoms with Gasteiger partial charge in [-0.25, -0.2) is 0 Å². The summed E-state index contributed by atoms with van der Waals surface area (Å²) in [5.74, 6) is 0.507. The fourth-order valence-corrected chi connectivity index (χ4v) is 1.76. The molecule has 5 heteroatoms. The standard InChI is InChI=1S/C14H10N2O3/c17-11-6-10(7-12(18)8-11)14-16-15-13(19-14)9-4-2-1-3-5-9/h1-8,17-18H. The Balaban J connectivity index is 2.02. The summed E-state index contributed by atoms with van der Waals surface area (Å²) in [4.78, 5) is 0. The Morgan fingerprint density at radius 1 is 0.737 bits per heavy atom. The quantitative estimate of drug-likeness (QED) is 0.735. The number of phenols is 2. The van der Waals surface area contributed by atoms with Crippen molar-refractivity contribution in [1.82, 2.24) is 10.2 Å². The van der Waals surface area contributed by atoms with Crippen LogP contribution in [0.5, 0.6) is 11.5 Å². The maximum absolute atomic E-state index is 9.43. The summed E-state index contributed by atoms with van der Waals surface area (Å²) < 4.78 is 5.52. The average molecular weight is 254 g/mol. The molecular weight excluding hydrogens is 244 g/mol. The van der Waals surface area contributed by atoms with Gasteiger partial charge in [0.05, 0.1) is 0 Å². The van der Waals surface area contributed by atoms with Crippen molar-refractivity contribution in [3.8, 4) is 34.4 Å². The highest BCUT2D eigenvalue weighted by molar-refractivity contribution is 5.61. The minimum absolute atomic E-state index is 0.0607. The summed E-state index contributed by atoms with van der Waals surface area (Å²) in [5.41, 5.74) is 1.28. The molecule has 2 N–H and O–H groups in total. The van der Waals surface area contributed by atoms with Crippen molar-refractivity contribution in [1.29, 1.82) is 0 Å². The molecule has 0 saturated carbocycles. The molecule has 2 aromatic carbocycles. The van der Waals surface area contributed by atoms with E-state index in [4.69, 9.17) is 4.42 Å². The molecule has 3 rings (SSSR count). The minimum atomic E-state index is -0.0607. The van der Waals surface area contributed by atoms with Crippen LogP contribution < -0.4 is 0 Å². The van der Waals surface area contributed by atoms with Crippen LogP contribution in [0.25, 0.3) is 22.9 Å². The predicted molar refractivity (Wildman–Crippen MR) is 68.5 cm³/mol. The second-order valence-electron chi connectivity index (χ2n) is 4.02. The van der Waals surface area contributed by atoms with Crippen LogP contribution in [0.1, 0.15) is 0 Å². The molecule has 0 radical (unpaired) electrons. The van der Waals surface area contributed by atoms with E-state index >= 15 is 0 Å². The Hall–Kier alpha value is -2.82. The molecule has 19 heavy (non-hydrogen) atoms. The number of rotatable bonds is 2. The molecule has 0 aliphatic carbocycles. The first kappa shape index (κ1) is 11.3. The van der Waals surface area contributed by atoms with E-state index in [0.717, 1.165) is 5.56 Å². The molecule has 0 atom stereocenters. The van der Waals surface area contributed by atoms with E-state index in [1.165, 1.54) is 18.2 Å². The van der Waals surface area contributed by atoms with E-state index < -0.39 is 0 Å². The minimum Gasteiger partial charge on any atom is -0.508 e. The van der Waals surface area contributed by atoms with Crippen molar-refractivity contribution in [2.45, 2.75) is 0 Å². The third-order valence-corrected chi connectivity index (χ3v) is 2.60. The second kappa shape index (κ2) is 4.45. The summed E-state index contributed by atoms with van der Waals surface area (Å²) in [5, 5.41) is 26.7. The molecule has 5 nitrogen and oxygen atoms in total. The fraction of sp³-hybridized carbons (Fsp3) is 0. The van der Waals surface area contributed by atoms with E-state index in [9.17, 15) is 10.2 Å². The number of nitrogens with zero attached hydrogens (tertiary/aromatic N) is 2. The average Bonchev–Trinajstić information content (AvgIpc) is 2.88. The van der Waals surface area contributed by atoms with E-state index in [-0.39, 0.29) is 17.4 Å². The third-order valence-electron chi connectivity index (χ3n) is 2.60. The first-order valence-electron chi connectivity index (χ1n) is 5.65. The summed E-state index contributed by atoms with van der Waals surface area (Å²) >= 11 is 0. The highest BCUT2D eigenvalue weighted by Gasteiger charge is 2.11. The van der Waals surface area contributed by atoms with Gasteiger partial charge >= 0.3 is 0 Å². The lowest BCUT2D eigenvalue weighted by atomic mass is 10.2. The summed E-state index contributed by atoms with van der Waals surface area (Å²) in [6, 6.07) is 13.5. The van der Waals surface area contributed by atoms with Crippen LogP contribution in [0.3, 0.4) is 0 Å². The molecule has 1 aromatic heterocycles. The first-order valence-corrected chi connectivity index (χ1v) is 5.65. The number of aromatic nitrogens is 2. The zero-order chi connectivity index (χ0) is 13.2. The maximum Gasteiger partial charge on any atom is 0.248 e. The van der Waals surface area contributed by atoms with Crippen molar-refractivity contribution in [2.75, 3.05) is 0 Å². The van der Waals surface area contributed by atoms with E-state index in [2.05, 4.69) is 10.2 Å². The van der Waals surface area contributed by atoms with Crippen molar-refractivity contribution < 1.29 is 14.6 Å². The van der Waals surface area contributed by atoms with Crippen molar-refractivity contribution in [3.05, 3.63) is 48.5 Å². The first-order chi connectivity index (χ1) is 9.22. The van der Waals surface area contributed by atoms with Crippen LogP contribution in [-0.2, 0) is 0 Å². The van der Waals surface area contributed by atoms with Gasteiger partial charge in [0.15, 0.2) is 0 Å². The van der Waals surface area contributed by atoms with Crippen molar-refractivity contribution in [2.24, 2.45) is 0 Å². The molecule has 3 aromatic rings. The van der Waals surface area contributed by atoms with Crippen LogP contribution in [0.2, 0.25) is 0 Å². The molecule has 1 heterocycles. The van der Waals surface area contributed by atoms with Crippen LogP contribution in [0.4, 0.5) is 0 Å². The topological polar surface area (TPSA) is 79.4 Å². The van der Waals surface area contributed by atoms with Crippen molar-refractivity contribution >= 4 is 0 Å². The summed E-state index contributed by atoms with van der Waals surface area (Å²) in [6.45, 7) is 0. The SMILES string of the molecule is Oc1cc(O)cc(-c2nnc(-c3ccccc3)o2)c1. The molecule has 0 spiro atoms. The lowest BCUT2D eigenvalue weighted by Crippen LogP contribution is -1.78. The normalized spacial score (nSPS) is 10.5. The summed E-state index contributed by atoms with van der Waals surface area (Å²) in [7, 11) is 0. The van der Waals surface area contributed by atoms with Gasteiger partial charge in [-0.3, -0.25) is 0 Å². The molecule has 94 valence electrons. The Morgan fingerprint density at radius 2 is 1.32 bits per heavy atom. The molecule has 0 saturated heterocycles. The van der Waals surface area contributed by atoms with Gasteiger partial charge in [0.2, 0.25) is 11.8 Å². The Kier molecular flexibility index (Phi) is 2.64. The Bertz CT molecular complexity index is 687. The van der Waals surface area contributed by atoms with Crippen LogP contribution in [0, 0.1) is 0 Å². The molecule has 0 unspecified atom stereocenters. The lowest BCUT2D eigenvalue weighted by Gasteiger charge is -1.98. The second-order valence-corrected chi connectivity index (χ2v) is 4.02. The highest BCUT2D eigenvalue weighted by atomic mass is 16.4. The van der Waals surface area contributed by atoms with Gasteiger partial charge in [-0.2, -0.15) is 0 Å². The van der Waals surface area contributed by atoms with Gasteiger partial charge in [0, 0.05) is 17.2 Å². The van der Waals surface area contributed by atoms with Crippen LogP contribution in [-0.4, -0.2) is 20.4 Å². The van der Waals surface area contributed by atoms with Gasteiger partial charge in [0.25, 0.3) is 0 Å². The molecular formula is C14H10N2O3. The molecule has 0 fully saturated rings. The molecule has 0 amide bonds. The zero-order valence-electron chi connectivity index (χ0n) is 9.82. The van der Waals surface area contributed by atoms with E-state index in [0.29, 0.717) is 11.5 Å². The Morgan fingerprint density at radius 3 is 1.95 bits per heavy atom. The number of benzene rings is 2. The Labute approximate surface area is 108 Å². The van der Waals surface area contributed by atoms with Crippen molar-refractivity contribution in [3.63, 3.8) is 0 Å². The summed E-state index contributed by atoms with van der Waals surface area (Å²) in [6.07, 6.45) is 0. The van der Waals surface area contributed by atoms with Gasteiger partial charge in [-0.15, -0.1) is 10.2 Å². The third kappa shape index (κ3) is 2.26. The fourth-order valence-electron chi connectivity index (χ4n) is 1.76. The zero-order valence-corrected chi connectivity index (χ0v) is 9.82. The van der Waals surface area contributed by atoms with Gasteiger partial charge in [0.1, 0.15) is 11.5 Å². The largest absolute Gasteiger partial charge is 0.508 e. The monoisotopic (exact) mass is 254 g/mol. The molecule has 0 bridgehead atoms. The van der Waals surface area contributed by atoms with Crippen LogP contribution >= 0.6 is 0 Å². The smallest absolute Gasteiger partial charge is 0.248 e. The number of phenolic OH excluding ortho intramolecular Hbond substituents is 2. The molecule has 0 aliphatic heterocycles. The lowest BCUT2D eigenvalue weighted by molar-refractivity contribution is 0.450. The maximum atomic E-state index is 9.43. The number of hydrogen-bond donors (Lipinski definition) is 2. The van der Waals surface area contributed by atoms with E-state index in [1.807, 2.05) is 30.3 Å².